The van der Waals surface area contributed by atoms with Gasteiger partial charge in [-0.25, -0.2) is 0 Å². The molecular formula is C12H12ClNO2. The summed E-state index contributed by atoms with van der Waals surface area (Å²) in [5, 5.41) is -0.0703. The van der Waals surface area contributed by atoms with E-state index in [1.165, 1.54) is 4.90 Å². The number of halogens is 1. The van der Waals surface area contributed by atoms with E-state index < -0.39 is 0 Å². The number of imide groups is 1. The molecule has 0 spiro atoms. The smallest absolute Gasteiger partial charge is 0.234 e. The summed E-state index contributed by atoms with van der Waals surface area (Å²) in [5.74, 6) is -0.256. The number of nitrogens with zero attached hydrogens (tertiary/aromatic N) is 1. The Kier molecular flexibility index (Phi) is 2.97. The molecule has 1 saturated heterocycles. The van der Waals surface area contributed by atoms with Gasteiger partial charge in [-0.05, 0) is 24.6 Å². The molecule has 0 radical (unpaired) electrons. The maximum absolute atomic E-state index is 11.5. The zero-order valence-electron chi connectivity index (χ0n) is 8.94. The van der Waals surface area contributed by atoms with Crippen molar-refractivity contribution in [3.8, 4) is 0 Å². The van der Waals surface area contributed by atoms with Crippen LogP contribution in [-0.4, -0.2) is 11.8 Å². The Morgan fingerprint density at radius 2 is 1.62 bits per heavy atom. The lowest BCUT2D eigenvalue weighted by atomic mass is 10.1. The van der Waals surface area contributed by atoms with E-state index in [2.05, 4.69) is 0 Å². The molecule has 0 bridgehead atoms. The first kappa shape index (κ1) is 11.1. The predicted molar refractivity (Wildman–Crippen MR) is 62.4 cm³/mol. The average molecular weight is 238 g/mol. The van der Waals surface area contributed by atoms with Crippen molar-refractivity contribution in [2.75, 3.05) is 4.90 Å². The van der Waals surface area contributed by atoms with Gasteiger partial charge in [-0.15, -0.1) is 11.6 Å². The molecule has 0 aromatic heterocycles. The molecule has 1 heterocycles. The van der Waals surface area contributed by atoms with Gasteiger partial charge >= 0.3 is 0 Å². The van der Waals surface area contributed by atoms with E-state index in [0.717, 1.165) is 5.56 Å². The van der Waals surface area contributed by atoms with Gasteiger partial charge in [-0.1, -0.05) is 12.1 Å². The molecule has 0 aliphatic carbocycles. The van der Waals surface area contributed by atoms with E-state index in [1.54, 1.807) is 12.1 Å². The summed E-state index contributed by atoms with van der Waals surface area (Å²) in [7, 11) is 0. The molecule has 3 nitrogen and oxygen atoms in total. The highest BCUT2D eigenvalue weighted by Crippen LogP contribution is 2.26. The lowest BCUT2D eigenvalue weighted by Crippen LogP contribution is -2.28. The maximum atomic E-state index is 11.5. The van der Waals surface area contributed by atoms with Crippen molar-refractivity contribution in [1.82, 2.24) is 0 Å². The highest BCUT2D eigenvalue weighted by molar-refractivity contribution is 6.21. The standard InChI is InChI=1S/C12H12ClNO2/c1-8(13)9-2-4-10(5-3-9)14-11(15)6-7-12(14)16/h2-5,8H,6-7H2,1H3. The van der Waals surface area contributed by atoms with Crippen LogP contribution in [-0.2, 0) is 9.59 Å². The Bertz CT molecular complexity index is 409. The zero-order chi connectivity index (χ0) is 11.7. The molecule has 1 aromatic carbocycles. The summed E-state index contributed by atoms with van der Waals surface area (Å²) >= 11 is 5.93. The number of alkyl halides is 1. The Morgan fingerprint density at radius 1 is 1.12 bits per heavy atom. The van der Waals surface area contributed by atoms with Gasteiger partial charge in [0.15, 0.2) is 0 Å². The van der Waals surface area contributed by atoms with Crippen molar-refractivity contribution in [3.05, 3.63) is 29.8 Å². The van der Waals surface area contributed by atoms with Gasteiger partial charge in [0, 0.05) is 12.8 Å². The van der Waals surface area contributed by atoms with Crippen molar-refractivity contribution in [2.45, 2.75) is 25.1 Å². The van der Waals surface area contributed by atoms with Gasteiger partial charge in [0.25, 0.3) is 0 Å². The van der Waals surface area contributed by atoms with E-state index >= 15 is 0 Å². The second kappa shape index (κ2) is 4.26. The molecule has 2 rings (SSSR count). The number of benzene rings is 1. The van der Waals surface area contributed by atoms with E-state index in [-0.39, 0.29) is 17.2 Å². The summed E-state index contributed by atoms with van der Waals surface area (Å²) in [5.41, 5.74) is 1.61. The Labute approximate surface area is 99.0 Å². The van der Waals surface area contributed by atoms with Crippen molar-refractivity contribution in [3.63, 3.8) is 0 Å². The monoisotopic (exact) mass is 237 g/mol. The van der Waals surface area contributed by atoms with Gasteiger partial charge < -0.3 is 0 Å². The minimum atomic E-state index is -0.128. The van der Waals surface area contributed by atoms with E-state index in [1.807, 2.05) is 19.1 Å². The molecule has 0 N–H and O–H groups in total. The van der Waals surface area contributed by atoms with Crippen LogP contribution >= 0.6 is 11.6 Å². The summed E-state index contributed by atoms with van der Waals surface area (Å²) in [4.78, 5) is 24.2. The number of rotatable bonds is 2. The van der Waals surface area contributed by atoms with E-state index in [0.29, 0.717) is 18.5 Å². The van der Waals surface area contributed by atoms with Crippen LogP contribution in [0, 0.1) is 0 Å². The first-order valence-corrected chi connectivity index (χ1v) is 5.63. The second-order valence-electron chi connectivity index (χ2n) is 3.83. The van der Waals surface area contributed by atoms with Crippen LogP contribution < -0.4 is 4.90 Å². The molecule has 1 aromatic rings. The number of hydrogen-bond acceptors (Lipinski definition) is 2. The first-order valence-electron chi connectivity index (χ1n) is 5.19. The van der Waals surface area contributed by atoms with E-state index in [4.69, 9.17) is 11.6 Å². The largest absolute Gasteiger partial charge is 0.274 e. The van der Waals surface area contributed by atoms with Crippen LogP contribution in [0.1, 0.15) is 30.7 Å². The quantitative estimate of drug-likeness (QED) is 0.586. The number of carbonyl (C=O) groups excluding carboxylic acids is 2. The summed E-state index contributed by atoms with van der Waals surface area (Å²) in [6.07, 6.45) is 0.624. The van der Waals surface area contributed by atoms with Crippen LogP contribution in [0.25, 0.3) is 0 Å². The maximum Gasteiger partial charge on any atom is 0.234 e. The molecule has 1 aliphatic rings. The number of anilines is 1. The van der Waals surface area contributed by atoms with E-state index in [9.17, 15) is 9.59 Å². The molecule has 0 saturated carbocycles. The fourth-order valence-corrected chi connectivity index (χ4v) is 1.90. The third kappa shape index (κ3) is 1.95. The lowest BCUT2D eigenvalue weighted by Gasteiger charge is -2.14. The van der Waals surface area contributed by atoms with Gasteiger partial charge in [-0.2, -0.15) is 0 Å². The molecule has 1 aliphatic heterocycles. The molecule has 84 valence electrons. The SMILES string of the molecule is CC(Cl)c1ccc(N2C(=O)CCC2=O)cc1. The normalized spacial score (nSPS) is 18.0. The summed E-state index contributed by atoms with van der Waals surface area (Å²) < 4.78 is 0. The van der Waals surface area contributed by atoms with Gasteiger partial charge in [0.05, 0.1) is 11.1 Å². The van der Waals surface area contributed by atoms with Crippen molar-refractivity contribution in [2.24, 2.45) is 0 Å². The van der Waals surface area contributed by atoms with Gasteiger partial charge in [0.2, 0.25) is 11.8 Å². The topological polar surface area (TPSA) is 37.4 Å². The number of carbonyl (C=O) groups is 2. The third-order valence-electron chi connectivity index (χ3n) is 2.66. The molecule has 2 amide bonds. The van der Waals surface area contributed by atoms with Crippen LogP contribution in [0.15, 0.2) is 24.3 Å². The molecule has 16 heavy (non-hydrogen) atoms. The molecule has 1 fully saturated rings. The first-order chi connectivity index (χ1) is 7.59. The molecule has 4 heteroatoms. The summed E-state index contributed by atoms with van der Waals surface area (Å²) in [6.45, 7) is 1.88. The number of amides is 2. The van der Waals surface area contributed by atoms with Crippen LogP contribution in [0.5, 0.6) is 0 Å². The fourth-order valence-electron chi connectivity index (χ4n) is 1.75. The molecular weight excluding hydrogens is 226 g/mol. The average Bonchev–Trinajstić information content (AvgIpc) is 2.59. The highest BCUT2D eigenvalue weighted by atomic mass is 35.5. The lowest BCUT2D eigenvalue weighted by molar-refractivity contribution is -0.121. The molecule has 1 atom stereocenters. The van der Waals surface area contributed by atoms with Gasteiger partial charge in [0.1, 0.15) is 0 Å². The zero-order valence-corrected chi connectivity index (χ0v) is 9.70. The minimum absolute atomic E-state index is 0.0703. The van der Waals surface area contributed by atoms with Crippen LogP contribution in [0.4, 0.5) is 5.69 Å². The van der Waals surface area contributed by atoms with Crippen molar-refractivity contribution in [1.29, 1.82) is 0 Å². The second-order valence-corrected chi connectivity index (χ2v) is 4.49. The minimum Gasteiger partial charge on any atom is -0.274 e. The number of hydrogen-bond donors (Lipinski definition) is 0. The fraction of sp³-hybridized carbons (Fsp3) is 0.333. The summed E-state index contributed by atoms with van der Waals surface area (Å²) in [6, 6.07) is 7.20. The molecule has 1 unspecified atom stereocenters. The van der Waals surface area contributed by atoms with Crippen molar-refractivity contribution >= 4 is 29.1 Å². The van der Waals surface area contributed by atoms with Crippen molar-refractivity contribution < 1.29 is 9.59 Å². The highest BCUT2D eigenvalue weighted by Gasteiger charge is 2.30. The van der Waals surface area contributed by atoms with Gasteiger partial charge in [-0.3, -0.25) is 14.5 Å². The Hall–Kier alpha value is -1.35. The Morgan fingerprint density at radius 3 is 2.06 bits per heavy atom. The Balaban J connectivity index is 2.28. The predicted octanol–water partition coefficient (Wildman–Crippen LogP) is 2.64. The van der Waals surface area contributed by atoms with Crippen LogP contribution in [0.2, 0.25) is 0 Å². The third-order valence-corrected chi connectivity index (χ3v) is 2.91. The van der Waals surface area contributed by atoms with Crippen LogP contribution in [0.3, 0.4) is 0 Å².